The highest BCUT2D eigenvalue weighted by molar-refractivity contribution is 8.04. The molecule has 0 saturated carbocycles. The molecule has 0 saturated heterocycles. The van der Waals surface area contributed by atoms with E-state index in [-0.39, 0.29) is 0 Å². The lowest BCUT2D eigenvalue weighted by atomic mass is 10.3. The molecule has 0 heterocycles. The quantitative estimate of drug-likeness (QED) is 0.548. The van der Waals surface area contributed by atoms with Gasteiger partial charge in [0.25, 0.3) is 0 Å². The van der Waals surface area contributed by atoms with E-state index in [2.05, 4.69) is 27.7 Å². The molecule has 0 aliphatic carbocycles. The van der Waals surface area contributed by atoms with Gasteiger partial charge < -0.3 is 0 Å². The molecule has 3 heteroatoms. The molecule has 1 rings (SSSR count). The van der Waals surface area contributed by atoms with Gasteiger partial charge in [-0.15, -0.1) is 23.5 Å². The van der Waals surface area contributed by atoms with Crippen molar-refractivity contribution in [1.82, 2.24) is 0 Å². The number of hydrogen-bond acceptors (Lipinski definition) is 3. The van der Waals surface area contributed by atoms with Crippen LogP contribution in [-0.2, 0) is 0 Å². The van der Waals surface area contributed by atoms with Crippen molar-refractivity contribution in [3.05, 3.63) is 4.51 Å². The first-order valence-electron chi connectivity index (χ1n) is 4.06. The second-order valence-electron chi connectivity index (χ2n) is 3.63. The Balaban J connectivity index is 2.54. The van der Waals surface area contributed by atoms with Crippen molar-refractivity contribution in [3.8, 4) is 0 Å². The predicted molar refractivity (Wildman–Crippen MR) is 61.7 cm³/mol. The molecule has 0 amide bonds. The number of hydrogen-bond donors (Lipinski definition) is 0. The zero-order valence-electron chi connectivity index (χ0n) is 7.93. The van der Waals surface area contributed by atoms with Gasteiger partial charge in [-0.3, -0.25) is 0 Å². The third-order valence-corrected chi connectivity index (χ3v) is 4.26. The van der Waals surface area contributed by atoms with Crippen molar-refractivity contribution < 1.29 is 0 Å². The molecule has 0 aliphatic rings. The van der Waals surface area contributed by atoms with Gasteiger partial charge in [0.15, 0.2) is 0 Å². The van der Waals surface area contributed by atoms with E-state index < -0.39 is 0 Å². The minimum atomic E-state index is 0.301. The largest absolute Gasteiger partial charge is 0.124 e. The summed E-state index contributed by atoms with van der Waals surface area (Å²) in [6.45, 7) is 8.83. The average Bonchev–Trinajstić information content (AvgIpc) is 2.43. The summed E-state index contributed by atoms with van der Waals surface area (Å²) in [5, 5.41) is 0. The Hall–Kier alpha value is 0.530. The molecule has 0 spiro atoms. The van der Waals surface area contributed by atoms with Gasteiger partial charge in [0.05, 0.1) is 4.51 Å². The van der Waals surface area contributed by atoms with Crippen LogP contribution in [0.4, 0.5) is 0 Å². The molecule has 0 radical (unpaired) electrons. The maximum atomic E-state index is 5.21. The van der Waals surface area contributed by atoms with Crippen molar-refractivity contribution in [3.63, 3.8) is 0 Å². The number of rotatable bonds is 3. The van der Waals surface area contributed by atoms with E-state index in [0.717, 1.165) is 10.3 Å². The summed E-state index contributed by atoms with van der Waals surface area (Å²) in [4.78, 5) is 2.73. The first-order valence-corrected chi connectivity index (χ1v) is 6.27. The molecular formula is C9H14S3. The van der Waals surface area contributed by atoms with Gasteiger partial charge in [0.2, 0.25) is 0 Å². The second-order valence-corrected chi connectivity index (χ2v) is 7.15. The topological polar surface area (TPSA) is 0 Å². The summed E-state index contributed by atoms with van der Waals surface area (Å²) in [5.41, 5.74) is 0. The fourth-order valence-corrected chi connectivity index (χ4v) is 3.42. The highest BCUT2D eigenvalue weighted by atomic mass is 32.2. The molecule has 1 aromatic carbocycles. The van der Waals surface area contributed by atoms with Gasteiger partial charge in [0, 0.05) is 14.5 Å². The fourth-order valence-electron chi connectivity index (χ4n) is 0.813. The van der Waals surface area contributed by atoms with E-state index in [1.165, 1.54) is 9.79 Å². The van der Waals surface area contributed by atoms with Crippen molar-refractivity contribution in [2.45, 2.75) is 42.2 Å². The van der Waals surface area contributed by atoms with E-state index in [4.69, 9.17) is 12.2 Å². The smallest absolute Gasteiger partial charge is 0.0672 e. The van der Waals surface area contributed by atoms with Crippen LogP contribution in [0.25, 0.3) is 0 Å². The van der Waals surface area contributed by atoms with Gasteiger partial charge >= 0.3 is 0 Å². The van der Waals surface area contributed by atoms with Crippen LogP contribution in [0, 0.1) is 4.51 Å². The molecule has 68 valence electrons. The lowest BCUT2D eigenvalue weighted by Crippen LogP contribution is -2.05. The van der Waals surface area contributed by atoms with E-state index >= 15 is 0 Å². The van der Waals surface area contributed by atoms with Crippen LogP contribution >= 0.6 is 35.7 Å². The summed E-state index contributed by atoms with van der Waals surface area (Å²) >= 11 is 8.98. The molecule has 0 bridgehead atoms. The lowest BCUT2D eigenvalue weighted by molar-refractivity contribution is 0.804. The zero-order valence-corrected chi connectivity index (χ0v) is 10.4. The van der Waals surface area contributed by atoms with Crippen molar-refractivity contribution in [1.29, 1.82) is 0 Å². The highest BCUT2D eigenvalue weighted by Gasteiger charge is 2.24. The fraction of sp³-hybridized carbons (Fsp3) is 0.667. The van der Waals surface area contributed by atoms with E-state index in [9.17, 15) is 0 Å². The normalized spacial score (nSPS) is 12.7. The Morgan fingerprint density at radius 3 is 2.25 bits per heavy atom. The lowest BCUT2D eigenvalue weighted by Gasteiger charge is -2.13. The van der Waals surface area contributed by atoms with Crippen LogP contribution in [0.2, 0.25) is 0 Å². The molecule has 0 aliphatic heterocycles. The molecule has 0 fully saturated rings. The van der Waals surface area contributed by atoms with Gasteiger partial charge in [-0.25, -0.2) is 0 Å². The Morgan fingerprint density at radius 1 is 1.25 bits per heavy atom. The van der Waals surface area contributed by atoms with Crippen LogP contribution in [0.3, 0.4) is 0 Å². The Kier molecular flexibility index (Phi) is 3.29. The van der Waals surface area contributed by atoms with Crippen LogP contribution < -0.4 is 0 Å². The molecule has 0 unspecified atom stereocenters. The summed E-state index contributed by atoms with van der Waals surface area (Å²) in [5.74, 6) is 1.13. The molecule has 0 atom stereocenters. The molecule has 0 nitrogen and oxygen atoms in total. The molecule has 12 heavy (non-hydrogen) atoms. The Labute approximate surface area is 88.2 Å². The first kappa shape index (κ1) is 10.6. The Morgan fingerprint density at radius 2 is 1.83 bits per heavy atom. The van der Waals surface area contributed by atoms with Crippen LogP contribution in [0.1, 0.15) is 27.7 Å². The third-order valence-electron chi connectivity index (χ3n) is 1.25. The van der Waals surface area contributed by atoms with E-state index in [0.29, 0.717) is 4.75 Å². The summed E-state index contributed by atoms with van der Waals surface area (Å²) < 4.78 is 1.41. The summed E-state index contributed by atoms with van der Waals surface area (Å²) in [6.07, 6.45) is 0. The SMILES string of the molecule is CCSc1c(SC(C)(C)C)c1=S. The van der Waals surface area contributed by atoms with Crippen molar-refractivity contribution in [2.24, 2.45) is 0 Å². The van der Waals surface area contributed by atoms with E-state index in [1.54, 1.807) is 0 Å². The maximum Gasteiger partial charge on any atom is 0.0672 e. The monoisotopic (exact) mass is 218 g/mol. The van der Waals surface area contributed by atoms with Crippen molar-refractivity contribution >= 4 is 35.7 Å². The summed E-state index contributed by atoms with van der Waals surface area (Å²) in [7, 11) is 0. The van der Waals surface area contributed by atoms with E-state index in [1.807, 2.05) is 23.5 Å². The third kappa shape index (κ3) is 2.79. The first-order chi connectivity index (χ1) is 5.45. The van der Waals surface area contributed by atoms with Crippen LogP contribution in [0.5, 0.6) is 0 Å². The molecule has 0 aromatic heterocycles. The predicted octanol–water partition coefficient (Wildman–Crippen LogP) is 4.29. The van der Waals surface area contributed by atoms with Crippen molar-refractivity contribution in [2.75, 3.05) is 5.75 Å². The molecular weight excluding hydrogens is 204 g/mol. The van der Waals surface area contributed by atoms with Crippen LogP contribution in [-0.4, -0.2) is 10.5 Å². The van der Waals surface area contributed by atoms with Crippen LogP contribution in [0.15, 0.2) is 9.79 Å². The molecule has 0 N–H and O–H groups in total. The number of thioether (sulfide) groups is 2. The van der Waals surface area contributed by atoms with Gasteiger partial charge in [-0.05, 0) is 5.75 Å². The minimum Gasteiger partial charge on any atom is -0.124 e. The molecule has 1 aromatic rings. The standard InChI is InChI=1S/C9H14S3/c1-5-11-7-6(10)8(7)12-9(2,3)4/h5H2,1-4H3. The minimum absolute atomic E-state index is 0.301. The maximum absolute atomic E-state index is 5.21. The Bertz CT molecular complexity index is 274. The second kappa shape index (κ2) is 3.72. The zero-order chi connectivity index (χ0) is 9.35. The average molecular weight is 218 g/mol. The highest BCUT2D eigenvalue weighted by Crippen LogP contribution is 2.47. The summed E-state index contributed by atoms with van der Waals surface area (Å²) in [6, 6.07) is 0. The van der Waals surface area contributed by atoms with Gasteiger partial charge in [-0.1, -0.05) is 39.9 Å². The van der Waals surface area contributed by atoms with Gasteiger partial charge in [-0.2, -0.15) is 0 Å². The van der Waals surface area contributed by atoms with Gasteiger partial charge in [0.1, 0.15) is 0 Å².